The third-order valence-corrected chi connectivity index (χ3v) is 5.85. The lowest BCUT2D eigenvalue weighted by atomic mass is 10.2. The third-order valence-electron chi connectivity index (χ3n) is 4.82. The second-order valence-corrected chi connectivity index (χ2v) is 7.44. The SMILES string of the molecule is OCC1CCC(n2cnc3c(SCc4cccc5[nH]cnc45)ncnc32)O1. The predicted octanol–water partition coefficient (Wildman–Crippen LogP) is 2.66. The molecule has 4 aromatic rings. The molecule has 5 rings (SSSR count). The van der Waals surface area contributed by atoms with Crippen LogP contribution in [0.3, 0.4) is 0 Å². The highest BCUT2D eigenvalue weighted by Gasteiger charge is 2.27. The second kappa shape index (κ2) is 6.91. The number of H-pyrrole nitrogens is 1. The summed E-state index contributed by atoms with van der Waals surface area (Å²) in [6, 6.07) is 6.12. The summed E-state index contributed by atoms with van der Waals surface area (Å²) in [5.41, 5.74) is 4.69. The first-order valence-electron chi connectivity index (χ1n) is 8.81. The van der Waals surface area contributed by atoms with Crippen LogP contribution in [0.5, 0.6) is 0 Å². The maximum atomic E-state index is 9.29. The average molecular weight is 382 g/mol. The number of nitrogens with zero attached hydrogens (tertiary/aromatic N) is 5. The zero-order chi connectivity index (χ0) is 18.2. The minimum Gasteiger partial charge on any atom is -0.394 e. The Morgan fingerprint density at radius 1 is 1.19 bits per heavy atom. The molecule has 1 aliphatic heterocycles. The predicted molar refractivity (Wildman–Crippen MR) is 101 cm³/mol. The summed E-state index contributed by atoms with van der Waals surface area (Å²) in [5, 5.41) is 10.1. The molecular formula is C18H18N6O2S. The molecule has 0 amide bonds. The van der Waals surface area contributed by atoms with E-state index in [0.29, 0.717) is 0 Å². The number of imidazole rings is 2. The Bertz CT molecular complexity index is 1090. The summed E-state index contributed by atoms with van der Waals surface area (Å²) in [4.78, 5) is 20.9. The average Bonchev–Trinajstić information content (AvgIpc) is 3.44. The van der Waals surface area contributed by atoms with Crippen LogP contribution in [0.2, 0.25) is 0 Å². The van der Waals surface area contributed by atoms with Crippen molar-refractivity contribution in [3.63, 3.8) is 0 Å². The molecular weight excluding hydrogens is 364 g/mol. The number of nitrogens with one attached hydrogen (secondary N) is 1. The molecule has 1 aromatic carbocycles. The van der Waals surface area contributed by atoms with Gasteiger partial charge in [0, 0.05) is 5.75 Å². The van der Waals surface area contributed by atoms with E-state index in [1.54, 1.807) is 30.7 Å². The van der Waals surface area contributed by atoms with E-state index in [9.17, 15) is 5.11 Å². The normalized spacial score (nSPS) is 20.0. The van der Waals surface area contributed by atoms with Gasteiger partial charge in [-0.3, -0.25) is 4.57 Å². The van der Waals surface area contributed by atoms with Crippen LogP contribution >= 0.6 is 11.8 Å². The van der Waals surface area contributed by atoms with Crippen LogP contribution in [0.4, 0.5) is 0 Å². The number of aromatic amines is 1. The molecule has 4 heterocycles. The van der Waals surface area contributed by atoms with Crippen LogP contribution in [0.15, 0.2) is 42.2 Å². The summed E-state index contributed by atoms with van der Waals surface area (Å²) in [7, 11) is 0. The van der Waals surface area contributed by atoms with Gasteiger partial charge in [-0.15, -0.1) is 0 Å². The van der Waals surface area contributed by atoms with E-state index in [0.717, 1.165) is 51.4 Å². The van der Waals surface area contributed by atoms with Gasteiger partial charge in [0.15, 0.2) is 5.65 Å². The van der Waals surface area contributed by atoms with Gasteiger partial charge in [-0.2, -0.15) is 0 Å². The van der Waals surface area contributed by atoms with Crippen molar-refractivity contribution in [3.05, 3.63) is 42.7 Å². The second-order valence-electron chi connectivity index (χ2n) is 6.48. The van der Waals surface area contributed by atoms with Gasteiger partial charge < -0.3 is 14.8 Å². The van der Waals surface area contributed by atoms with E-state index in [2.05, 4.69) is 31.0 Å². The lowest BCUT2D eigenvalue weighted by Crippen LogP contribution is -2.14. The zero-order valence-corrected chi connectivity index (χ0v) is 15.3. The van der Waals surface area contributed by atoms with E-state index in [1.807, 2.05) is 16.7 Å². The number of aromatic nitrogens is 6. The topological polar surface area (TPSA) is 102 Å². The molecule has 9 heteroatoms. The van der Waals surface area contributed by atoms with Crippen molar-refractivity contribution in [2.45, 2.75) is 36.0 Å². The maximum Gasteiger partial charge on any atom is 0.166 e. The molecule has 0 bridgehead atoms. The number of rotatable bonds is 5. The van der Waals surface area contributed by atoms with E-state index >= 15 is 0 Å². The number of hydrogen-bond acceptors (Lipinski definition) is 7. The molecule has 0 aliphatic carbocycles. The number of aliphatic hydroxyl groups excluding tert-OH is 1. The first-order valence-corrected chi connectivity index (χ1v) is 9.79. The Morgan fingerprint density at radius 3 is 3.04 bits per heavy atom. The van der Waals surface area contributed by atoms with Crippen LogP contribution in [-0.4, -0.2) is 47.3 Å². The Morgan fingerprint density at radius 2 is 2.15 bits per heavy atom. The molecule has 0 saturated carbocycles. The first-order chi connectivity index (χ1) is 13.3. The van der Waals surface area contributed by atoms with Crippen molar-refractivity contribution in [2.24, 2.45) is 0 Å². The van der Waals surface area contributed by atoms with Gasteiger partial charge in [0.25, 0.3) is 0 Å². The number of benzene rings is 1. The van der Waals surface area contributed by atoms with E-state index < -0.39 is 0 Å². The van der Waals surface area contributed by atoms with Gasteiger partial charge in [-0.1, -0.05) is 23.9 Å². The van der Waals surface area contributed by atoms with Crippen molar-refractivity contribution < 1.29 is 9.84 Å². The fraction of sp³-hybridized carbons (Fsp3) is 0.333. The summed E-state index contributed by atoms with van der Waals surface area (Å²) < 4.78 is 7.80. The van der Waals surface area contributed by atoms with E-state index in [1.165, 1.54) is 0 Å². The van der Waals surface area contributed by atoms with Crippen molar-refractivity contribution in [3.8, 4) is 0 Å². The molecule has 0 spiro atoms. The van der Waals surface area contributed by atoms with Crippen LogP contribution in [0.25, 0.3) is 22.2 Å². The van der Waals surface area contributed by atoms with Crippen molar-refractivity contribution in [2.75, 3.05) is 6.61 Å². The van der Waals surface area contributed by atoms with Crippen LogP contribution in [0, 0.1) is 0 Å². The van der Waals surface area contributed by atoms with Gasteiger partial charge in [0.2, 0.25) is 0 Å². The van der Waals surface area contributed by atoms with Crippen LogP contribution in [0.1, 0.15) is 24.6 Å². The van der Waals surface area contributed by atoms with Gasteiger partial charge in [-0.05, 0) is 24.5 Å². The zero-order valence-electron chi connectivity index (χ0n) is 14.4. The molecule has 1 saturated heterocycles. The highest BCUT2D eigenvalue weighted by molar-refractivity contribution is 7.98. The number of thioether (sulfide) groups is 1. The smallest absolute Gasteiger partial charge is 0.166 e. The Hall–Kier alpha value is -2.49. The standard InChI is InChI=1S/C18H18N6O2S/c25-6-12-4-5-14(26-12)24-10-23-16-17(24)21-9-22-18(16)27-7-11-2-1-3-13-15(11)20-8-19-13/h1-3,8-10,12,14,25H,4-7H2,(H,19,20). The molecule has 1 aliphatic rings. The largest absolute Gasteiger partial charge is 0.394 e. The lowest BCUT2D eigenvalue weighted by Gasteiger charge is -2.13. The number of aliphatic hydroxyl groups is 1. The molecule has 1 fully saturated rings. The highest BCUT2D eigenvalue weighted by atomic mass is 32.2. The number of fused-ring (bicyclic) bond motifs is 2. The fourth-order valence-corrected chi connectivity index (χ4v) is 4.39. The van der Waals surface area contributed by atoms with Crippen molar-refractivity contribution >= 4 is 34.0 Å². The Labute approximate surface area is 159 Å². The summed E-state index contributed by atoms with van der Waals surface area (Å²) in [6.07, 6.45) is 6.45. The van der Waals surface area contributed by atoms with Gasteiger partial charge in [-0.25, -0.2) is 19.9 Å². The van der Waals surface area contributed by atoms with Gasteiger partial charge in [0.05, 0.1) is 36.4 Å². The molecule has 27 heavy (non-hydrogen) atoms. The van der Waals surface area contributed by atoms with Crippen molar-refractivity contribution in [1.29, 1.82) is 0 Å². The minimum atomic E-state index is -0.141. The molecule has 3 aromatic heterocycles. The first kappa shape index (κ1) is 16.7. The molecule has 0 radical (unpaired) electrons. The quantitative estimate of drug-likeness (QED) is 0.404. The molecule has 138 valence electrons. The molecule has 2 unspecified atom stereocenters. The van der Waals surface area contributed by atoms with E-state index in [-0.39, 0.29) is 18.9 Å². The highest BCUT2D eigenvalue weighted by Crippen LogP contribution is 2.33. The van der Waals surface area contributed by atoms with Crippen LogP contribution < -0.4 is 0 Å². The lowest BCUT2D eigenvalue weighted by molar-refractivity contribution is -0.0207. The third kappa shape index (κ3) is 2.97. The Balaban J connectivity index is 1.42. The Kier molecular flexibility index (Phi) is 4.27. The maximum absolute atomic E-state index is 9.29. The number of hydrogen-bond donors (Lipinski definition) is 2. The van der Waals surface area contributed by atoms with Gasteiger partial charge >= 0.3 is 0 Å². The van der Waals surface area contributed by atoms with Gasteiger partial charge in [0.1, 0.15) is 23.1 Å². The molecule has 8 nitrogen and oxygen atoms in total. The van der Waals surface area contributed by atoms with Crippen LogP contribution in [-0.2, 0) is 10.5 Å². The number of para-hydroxylation sites is 1. The molecule has 2 N–H and O–H groups in total. The summed E-state index contributed by atoms with van der Waals surface area (Å²) in [5.74, 6) is 0.744. The van der Waals surface area contributed by atoms with Crippen molar-refractivity contribution in [1.82, 2.24) is 29.5 Å². The monoisotopic (exact) mass is 382 g/mol. The summed E-state index contributed by atoms with van der Waals surface area (Å²) >= 11 is 1.62. The number of ether oxygens (including phenoxy) is 1. The molecule has 2 atom stereocenters. The fourth-order valence-electron chi connectivity index (χ4n) is 3.46. The minimum absolute atomic E-state index is 0.0396. The van der Waals surface area contributed by atoms with E-state index in [4.69, 9.17) is 4.74 Å². The summed E-state index contributed by atoms with van der Waals surface area (Å²) in [6.45, 7) is 0.0396.